The van der Waals surface area contributed by atoms with Crippen molar-refractivity contribution in [2.75, 3.05) is 33.0 Å². The second-order valence-corrected chi connectivity index (χ2v) is 35.5. The van der Waals surface area contributed by atoms with Gasteiger partial charge in [0.25, 0.3) is 0 Å². The first-order valence-electron chi connectivity index (χ1n) is 39.3. The molecule has 0 bridgehead atoms. The largest absolute Gasteiger partial charge is 0.479 e. The number of allylic oxidation sites excluding steroid dienone is 2. The predicted octanol–water partition coefficient (Wildman–Crippen LogP) is -7.88. The molecule has 12 fully saturated rings. The molecule has 0 aromatic carbocycles. The second-order valence-electron chi connectivity index (χ2n) is 35.5. The zero-order chi connectivity index (χ0) is 83.0. The van der Waals surface area contributed by atoms with Gasteiger partial charge in [0.2, 0.25) is 6.29 Å². The van der Waals surface area contributed by atoms with Gasteiger partial charge in [-0.05, 0) is 111 Å². The number of aliphatic hydroxyl groups excluding tert-OH is 20. The Kier molecular flexibility index (Phi) is 26.2. The lowest BCUT2D eigenvalue weighted by Gasteiger charge is -2.71. The van der Waals surface area contributed by atoms with Crippen molar-refractivity contribution in [1.82, 2.24) is 0 Å². The fourth-order valence-electron chi connectivity index (χ4n) is 21.2. The number of carboxylic acids is 1. The zero-order valence-electron chi connectivity index (χ0n) is 64.4. The first-order chi connectivity index (χ1) is 53.5. The SMILES string of the molecule is C[C@@H]1O[C@@H](O[C@H]2[C@H](OC(=O)[C@]34CCC(C)(C)C[C@H]3C3=CC[C@@H]5[C@@]6(C)CC[C@H](O[C@@H]7O[C@H](C(=O)O)[C@@H](O)[C@H](O[C@@H]8OC[C@@H](O)[C@H](O)[C@H]8O)[C@H]7O[C@@H]7O[C@H](CO)C(O)C(O)C7O)[C@@](C)(C=O)[C@@H]6CC[C@@]5(C)[C@]3(C)C[C@H]4O)O[C@H](C)[C@H](O)[C@@H]2O)[C@H](O)[C@H](O)[C@H]1O[C@@H]1OC[C@@H](O)[C@H](O[C@@H]2OC[C@H](O)[C@H](O)[C@H]2O[C@@H]2OC[C@H](O)[C@H](O)[C@H]2O)[C@H]1O. The summed E-state index contributed by atoms with van der Waals surface area (Å²) >= 11 is 0. The van der Waals surface area contributed by atoms with Crippen molar-refractivity contribution in [2.45, 2.75) is 347 Å². The van der Waals surface area contributed by atoms with Crippen LogP contribution in [-0.4, -0.2) is 392 Å². The van der Waals surface area contributed by atoms with Crippen molar-refractivity contribution in [2.24, 2.45) is 50.2 Å². The minimum atomic E-state index is -2.23. The molecule has 40 nitrogen and oxygen atoms in total. The maximum Gasteiger partial charge on any atom is 0.335 e. The van der Waals surface area contributed by atoms with Gasteiger partial charge in [-0.25, -0.2) is 4.79 Å². The molecule has 40 heteroatoms. The van der Waals surface area contributed by atoms with Gasteiger partial charge in [0, 0.05) is 0 Å². The standard InChI is InChI=1S/C74H116O40/c1-25-38(82)44(88)57(112-63-49(93)45(89)52(26(2)104-63)107-62-51(95)53(32(80)23-101-62)108-65-56(41(85)31(79)22-102-65)111-61-47(91)40(84)30(78)21-100-61)66(103-25)114-68(98)74-16-15-69(3,4)17-28(74)27-9-10-35-70(5)13-12-37(71(6,24-76)34(70)11-14-72(35,7)73(27,8)18-36(74)81)106-67-58(113-64-48(92)43(87)42(86)33(19-75)105-64)54(50(94)55(110-67)59(96)97)109-60-46(90)39(83)29(77)20-99-60/h9,24-26,28-58,60-67,75,77-95H,10-23H2,1-8H3,(H,96,97)/t25-,26+,28+,29-,30+,31+,32-,33-,34-,35-,36-,37+,38+,39+,40+,41+,42?,43?,44+,45+,46-,47-,48?,49-,50+,51-,52+,53+,54+,55+,56-,57-,58-,60+,61+,62+,63+,64+,65+,66+,67-,70+,71+,72-,73-,74-/m1/s1. The summed E-state index contributed by atoms with van der Waals surface area (Å²) < 4.78 is 95.3. The summed E-state index contributed by atoms with van der Waals surface area (Å²) in [5, 5.41) is 232. The second kappa shape index (κ2) is 33.6. The fraction of sp³-hybridized carbons (Fsp3) is 0.932. The minimum absolute atomic E-state index is 0.0227. The van der Waals surface area contributed by atoms with Crippen LogP contribution in [0.3, 0.4) is 0 Å². The molecular formula is C74H116O40. The highest BCUT2D eigenvalue weighted by Crippen LogP contribution is 2.76. The number of carbonyl (C=O) groups excluding carboxylic acids is 2. The molecule has 46 atom stereocenters. The molecule has 4 saturated carbocycles. The summed E-state index contributed by atoms with van der Waals surface area (Å²) in [6, 6.07) is 0. The maximum atomic E-state index is 15.8. The van der Waals surface area contributed by atoms with E-state index in [0.717, 1.165) is 11.9 Å². The summed E-state index contributed by atoms with van der Waals surface area (Å²) in [5.41, 5.74) is -4.94. The molecule has 652 valence electrons. The number of fused-ring (bicyclic) bond motifs is 7. The number of aliphatic carboxylic acids is 1. The van der Waals surface area contributed by atoms with Gasteiger partial charge in [0.05, 0.1) is 62.9 Å². The van der Waals surface area contributed by atoms with Crippen LogP contribution in [-0.2, 0) is 90.2 Å². The summed E-state index contributed by atoms with van der Waals surface area (Å²) in [4.78, 5) is 43.1. The normalized spacial score (nSPS) is 55.1. The molecule has 21 N–H and O–H groups in total. The van der Waals surface area contributed by atoms with Crippen LogP contribution >= 0.6 is 0 Å². The molecule has 8 heterocycles. The van der Waals surface area contributed by atoms with Gasteiger partial charge in [-0.1, -0.05) is 53.2 Å². The van der Waals surface area contributed by atoms with Crippen LogP contribution < -0.4 is 0 Å². The zero-order valence-corrected chi connectivity index (χ0v) is 64.4. The number of carboxylic acid groups (broad SMARTS) is 1. The third-order valence-corrected chi connectivity index (χ3v) is 28.2. The number of aldehydes is 1. The van der Waals surface area contributed by atoms with Gasteiger partial charge in [-0.15, -0.1) is 0 Å². The van der Waals surface area contributed by atoms with Crippen LogP contribution in [0.15, 0.2) is 11.6 Å². The Bertz CT molecular complexity index is 3360. The van der Waals surface area contributed by atoms with Gasteiger partial charge < -0.3 is 188 Å². The Morgan fingerprint density at radius 1 is 0.456 bits per heavy atom. The smallest absolute Gasteiger partial charge is 0.335 e. The van der Waals surface area contributed by atoms with Crippen molar-refractivity contribution in [3.05, 3.63) is 11.6 Å². The third kappa shape index (κ3) is 15.4. The Hall–Kier alpha value is -3.05. The topological polar surface area (TPSA) is 624 Å². The van der Waals surface area contributed by atoms with E-state index < -0.39 is 323 Å². The number of hydrogen-bond donors (Lipinski definition) is 21. The number of aliphatic hydroxyl groups is 20. The lowest BCUT2D eigenvalue weighted by atomic mass is 9.33. The summed E-state index contributed by atoms with van der Waals surface area (Å²) in [7, 11) is 0. The van der Waals surface area contributed by atoms with E-state index in [-0.39, 0.29) is 25.2 Å². The van der Waals surface area contributed by atoms with Gasteiger partial charge in [-0.2, -0.15) is 0 Å². The first-order valence-corrected chi connectivity index (χ1v) is 39.3. The molecule has 0 radical (unpaired) electrons. The van der Waals surface area contributed by atoms with Crippen LogP contribution in [0.25, 0.3) is 0 Å². The van der Waals surface area contributed by atoms with Crippen molar-refractivity contribution < 1.29 is 197 Å². The molecule has 13 rings (SSSR count). The van der Waals surface area contributed by atoms with Gasteiger partial charge in [0.15, 0.2) is 56.2 Å². The van der Waals surface area contributed by atoms with E-state index in [9.17, 15) is 117 Å². The Morgan fingerprint density at radius 2 is 0.974 bits per heavy atom. The molecule has 114 heavy (non-hydrogen) atoms. The molecule has 5 aliphatic carbocycles. The number of ether oxygens (including phenoxy) is 16. The van der Waals surface area contributed by atoms with Crippen LogP contribution in [0.5, 0.6) is 0 Å². The van der Waals surface area contributed by atoms with E-state index in [1.54, 1.807) is 6.92 Å². The van der Waals surface area contributed by atoms with Crippen molar-refractivity contribution in [1.29, 1.82) is 0 Å². The molecular weight excluding hydrogens is 1530 g/mol. The molecule has 0 amide bonds. The molecule has 8 saturated heterocycles. The number of esters is 1. The third-order valence-electron chi connectivity index (χ3n) is 28.2. The highest BCUT2D eigenvalue weighted by atomic mass is 16.8. The van der Waals surface area contributed by atoms with Gasteiger partial charge in [0.1, 0.15) is 158 Å². The minimum Gasteiger partial charge on any atom is -0.479 e. The van der Waals surface area contributed by atoms with Gasteiger partial charge >= 0.3 is 11.9 Å². The summed E-state index contributed by atoms with van der Waals surface area (Å²) in [6.07, 6.45) is -62.5. The van der Waals surface area contributed by atoms with E-state index in [0.29, 0.717) is 38.5 Å². The summed E-state index contributed by atoms with van der Waals surface area (Å²) in [6.45, 7) is 11.8. The van der Waals surface area contributed by atoms with E-state index in [4.69, 9.17) is 75.8 Å². The monoisotopic (exact) mass is 1640 g/mol. The predicted molar refractivity (Wildman–Crippen MR) is 369 cm³/mol. The van der Waals surface area contributed by atoms with E-state index in [1.165, 1.54) is 13.8 Å². The van der Waals surface area contributed by atoms with Crippen molar-refractivity contribution >= 4 is 18.2 Å². The molecule has 3 unspecified atom stereocenters. The fourth-order valence-corrected chi connectivity index (χ4v) is 21.2. The molecule has 0 aromatic rings. The quantitative estimate of drug-likeness (QED) is 0.0247. The molecule has 0 aromatic heterocycles. The number of hydrogen-bond acceptors (Lipinski definition) is 39. The van der Waals surface area contributed by atoms with Crippen molar-refractivity contribution in [3.63, 3.8) is 0 Å². The van der Waals surface area contributed by atoms with Gasteiger partial charge in [-0.3, -0.25) is 4.79 Å². The van der Waals surface area contributed by atoms with Crippen LogP contribution in [0, 0.1) is 50.2 Å². The highest BCUT2D eigenvalue weighted by Gasteiger charge is 2.73. The lowest BCUT2D eigenvalue weighted by molar-refractivity contribution is -0.391. The number of rotatable bonds is 19. The Balaban J connectivity index is 0.715. The number of carbonyl (C=O) groups is 3. The summed E-state index contributed by atoms with van der Waals surface area (Å²) in [5.74, 6) is -4.12. The van der Waals surface area contributed by atoms with Crippen LogP contribution in [0.4, 0.5) is 0 Å². The average Bonchev–Trinajstić information content (AvgIpc) is 0.669. The van der Waals surface area contributed by atoms with E-state index in [1.807, 2.05) is 0 Å². The first kappa shape index (κ1) is 88.7. The maximum absolute atomic E-state index is 15.8. The Labute approximate surface area is 655 Å². The molecule has 13 aliphatic rings. The van der Waals surface area contributed by atoms with E-state index >= 15 is 4.79 Å². The van der Waals surface area contributed by atoms with Crippen molar-refractivity contribution in [3.8, 4) is 0 Å². The van der Waals surface area contributed by atoms with Crippen LogP contribution in [0.1, 0.15) is 113 Å². The highest BCUT2D eigenvalue weighted by molar-refractivity contribution is 5.80. The lowest BCUT2D eigenvalue weighted by Crippen LogP contribution is -2.69. The Morgan fingerprint density at radius 3 is 1.60 bits per heavy atom. The molecule has 8 aliphatic heterocycles. The van der Waals surface area contributed by atoms with E-state index in [2.05, 4.69) is 40.7 Å². The molecule has 0 spiro atoms. The average molecular weight is 1650 g/mol. The van der Waals surface area contributed by atoms with Crippen LogP contribution in [0.2, 0.25) is 0 Å².